The summed E-state index contributed by atoms with van der Waals surface area (Å²) in [7, 11) is -3.42. The minimum Gasteiger partial charge on any atom is -0.398 e. The minimum absolute atomic E-state index is 0.257. The monoisotopic (exact) mass is 282 g/mol. The molecule has 0 amide bonds. The van der Waals surface area contributed by atoms with Crippen LogP contribution < -0.4 is 10.5 Å². The highest BCUT2D eigenvalue weighted by Gasteiger charge is 2.15. The Morgan fingerprint density at radius 1 is 1.22 bits per heavy atom. The number of rotatable bonds is 5. The van der Waals surface area contributed by atoms with Crippen molar-refractivity contribution in [2.45, 2.75) is 10.6 Å². The number of nitrogens with one attached hydrogen (secondary N) is 1. The van der Waals surface area contributed by atoms with Gasteiger partial charge in [-0.15, -0.1) is 11.3 Å². The Morgan fingerprint density at radius 3 is 2.56 bits per heavy atom. The summed E-state index contributed by atoms with van der Waals surface area (Å²) in [6.07, 6.45) is 0.668. The molecule has 2 aromatic rings. The van der Waals surface area contributed by atoms with E-state index < -0.39 is 10.0 Å². The van der Waals surface area contributed by atoms with Gasteiger partial charge in [0.05, 0.1) is 0 Å². The molecule has 18 heavy (non-hydrogen) atoms. The van der Waals surface area contributed by atoms with Gasteiger partial charge in [0.25, 0.3) is 0 Å². The van der Waals surface area contributed by atoms with E-state index in [-0.39, 0.29) is 4.21 Å². The molecule has 0 radical (unpaired) electrons. The third kappa shape index (κ3) is 3.32. The molecule has 0 saturated heterocycles. The molecule has 6 heteroatoms. The zero-order valence-electron chi connectivity index (χ0n) is 9.67. The molecule has 0 saturated carbocycles. The first-order chi connectivity index (χ1) is 8.58. The second-order valence-electron chi connectivity index (χ2n) is 3.83. The lowest BCUT2D eigenvalue weighted by Crippen LogP contribution is -2.25. The second-order valence-corrected chi connectivity index (χ2v) is 6.74. The van der Waals surface area contributed by atoms with Crippen molar-refractivity contribution in [3.63, 3.8) is 0 Å². The Hall–Kier alpha value is -1.37. The highest BCUT2D eigenvalue weighted by Crippen LogP contribution is 2.21. The van der Waals surface area contributed by atoms with Crippen molar-refractivity contribution in [1.82, 2.24) is 4.72 Å². The highest BCUT2D eigenvalue weighted by atomic mass is 32.2. The fourth-order valence-corrected chi connectivity index (χ4v) is 3.67. The van der Waals surface area contributed by atoms with Gasteiger partial charge in [-0.2, -0.15) is 0 Å². The summed E-state index contributed by atoms with van der Waals surface area (Å²) >= 11 is 1.13. The summed E-state index contributed by atoms with van der Waals surface area (Å²) in [6.45, 7) is 0.379. The normalized spacial score (nSPS) is 11.6. The molecule has 0 bridgehead atoms. The number of nitrogen functional groups attached to an aromatic ring is 1. The van der Waals surface area contributed by atoms with Crippen molar-refractivity contribution < 1.29 is 8.42 Å². The number of hydrogen-bond acceptors (Lipinski definition) is 4. The van der Waals surface area contributed by atoms with Crippen LogP contribution in [0.4, 0.5) is 5.69 Å². The molecule has 4 nitrogen and oxygen atoms in total. The lowest BCUT2D eigenvalue weighted by atomic mass is 10.2. The number of hydrogen-bond donors (Lipinski definition) is 2. The SMILES string of the molecule is Nc1csc(S(=O)(=O)NCCc2ccccc2)c1. The first kappa shape index (κ1) is 13.1. The van der Waals surface area contributed by atoms with E-state index in [1.54, 1.807) is 5.38 Å². The van der Waals surface area contributed by atoms with Gasteiger partial charge in [0.15, 0.2) is 0 Å². The van der Waals surface area contributed by atoms with Crippen molar-refractivity contribution in [1.29, 1.82) is 0 Å². The maximum Gasteiger partial charge on any atom is 0.250 e. The van der Waals surface area contributed by atoms with E-state index in [0.717, 1.165) is 16.9 Å². The molecule has 1 heterocycles. The summed E-state index contributed by atoms with van der Waals surface area (Å²) < 4.78 is 26.6. The van der Waals surface area contributed by atoms with E-state index in [0.29, 0.717) is 18.7 Å². The number of benzene rings is 1. The minimum atomic E-state index is -3.42. The molecule has 0 aliphatic carbocycles. The molecular weight excluding hydrogens is 268 g/mol. The topological polar surface area (TPSA) is 72.2 Å². The van der Waals surface area contributed by atoms with Crippen LogP contribution in [0.15, 0.2) is 46.0 Å². The molecule has 0 fully saturated rings. The molecule has 0 spiro atoms. The summed E-state index contributed by atoms with van der Waals surface area (Å²) in [5.41, 5.74) is 7.09. The smallest absolute Gasteiger partial charge is 0.250 e. The molecule has 1 aromatic carbocycles. The van der Waals surface area contributed by atoms with E-state index >= 15 is 0 Å². The molecule has 0 aliphatic heterocycles. The lowest BCUT2D eigenvalue weighted by Gasteiger charge is -2.04. The third-order valence-electron chi connectivity index (χ3n) is 2.41. The summed E-state index contributed by atoms with van der Waals surface area (Å²) in [5, 5.41) is 1.62. The fourth-order valence-electron chi connectivity index (χ4n) is 1.52. The summed E-state index contributed by atoms with van der Waals surface area (Å²) in [6, 6.07) is 11.2. The zero-order chi connectivity index (χ0) is 13.0. The quantitative estimate of drug-likeness (QED) is 0.879. The van der Waals surface area contributed by atoms with Gasteiger partial charge < -0.3 is 5.73 Å². The van der Waals surface area contributed by atoms with Crippen LogP contribution in [0.3, 0.4) is 0 Å². The van der Waals surface area contributed by atoms with E-state index in [9.17, 15) is 8.42 Å². The largest absolute Gasteiger partial charge is 0.398 e. The van der Waals surface area contributed by atoms with Crippen LogP contribution in [0.1, 0.15) is 5.56 Å². The van der Waals surface area contributed by atoms with Crippen LogP contribution in [0, 0.1) is 0 Å². The van der Waals surface area contributed by atoms with Crippen molar-refractivity contribution >= 4 is 27.0 Å². The first-order valence-corrected chi connectivity index (χ1v) is 7.82. The van der Waals surface area contributed by atoms with Gasteiger partial charge in [-0.1, -0.05) is 30.3 Å². The van der Waals surface area contributed by atoms with Gasteiger partial charge >= 0.3 is 0 Å². The fraction of sp³-hybridized carbons (Fsp3) is 0.167. The Kier molecular flexibility index (Phi) is 4.00. The predicted molar refractivity (Wildman–Crippen MR) is 74.1 cm³/mol. The van der Waals surface area contributed by atoms with Gasteiger partial charge in [-0.05, 0) is 18.1 Å². The third-order valence-corrected chi connectivity index (χ3v) is 5.33. The van der Waals surface area contributed by atoms with Gasteiger partial charge in [-0.25, -0.2) is 13.1 Å². The predicted octanol–water partition coefficient (Wildman–Crippen LogP) is 1.85. The number of anilines is 1. The van der Waals surface area contributed by atoms with Gasteiger partial charge in [-0.3, -0.25) is 0 Å². The Balaban J connectivity index is 1.94. The van der Waals surface area contributed by atoms with Crippen molar-refractivity contribution in [3.05, 3.63) is 47.3 Å². The van der Waals surface area contributed by atoms with Crippen LogP contribution in [0.5, 0.6) is 0 Å². The van der Waals surface area contributed by atoms with E-state index in [1.807, 2.05) is 30.3 Å². The average Bonchev–Trinajstić information content (AvgIpc) is 2.78. The van der Waals surface area contributed by atoms with E-state index in [1.165, 1.54) is 6.07 Å². The molecule has 1 aromatic heterocycles. The molecular formula is C12H14N2O2S2. The number of nitrogens with two attached hydrogens (primary N) is 1. The highest BCUT2D eigenvalue weighted by molar-refractivity contribution is 7.91. The van der Waals surface area contributed by atoms with Gasteiger partial charge in [0, 0.05) is 17.6 Å². The van der Waals surface area contributed by atoms with Gasteiger partial charge in [0.1, 0.15) is 4.21 Å². The molecule has 0 atom stereocenters. The maximum atomic E-state index is 11.9. The van der Waals surface area contributed by atoms with Crippen molar-refractivity contribution in [2.75, 3.05) is 12.3 Å². The first-order valence-electron chi connectivity index (χ1n) is 5.45. The Bertz CT molecular complexity index is 606. The standard InChI is InChI=1S/C12H14N2O2S2/c13-11-8-12(17-9-11)18(15,16)14-7-6-10-4-2-1-3-5-10/h1-5,8-9,14H,6-7,13H2. The van der Waals surface area contributed by atoms with Crippen molar-refractivity contribution in [3.8, 4) is 0 Å². The molecule has 3 N–H and O–H groups in total. The second kappa shape index (κ2) is 5.51. The zero-order valence-corrected chi connectivity index (χ0v) is 11.3. The molecule has 96 valence electrons. The Labute approximate surface area is 111 Å². The van der Waals surface area contributed by atoms with E-state index in [4.69, 9.17) is 5.73 Å². The summed E-state index contributed by atoms with van der Waals surface area (Å²) in [4.78, 5) is 0. The van der Waals surface area contributed by atoms with Crippen LogP contribution in [-0.4, -0.2) is 15.0 Å². The van der Waals surface area contributed by atoms with Crippen LogP contribution in [-0.2, 0) is 16.4 Å². The van der Waals surface area contributed by atoms with Crippen LogP contribution in [0.25, 0.3) is 0 Å². The number of thiophene rings is 1. The summed E-state index contributed by atoms with van der Waals surface area (Å²) in [5.74, 6) is 0. The number of sulfonamides is 1. The Morgan fingerprint density at radius 2 is 1.94 bits per heavy atom. The van der Waals surface area contributed by atoms with E-state index in [2.05, 4.69) is 4.72 Å². The van der Waals surface area contributed by atoms with Crippen LogP contribution in [0.2, 0.25) is 0 Å². The lowest BCUT2D eigenvalue weighted by molar-refractivity contribution is 0.584. The molecule has 0 aliphatic rings. The maximum absolute atomic E-state index is 11.9. The molecule has 0 unspecified atom stereocenters. The average molecular weight is 282 g/mol. The van der Waals surface area contributed by atoms with Crippen molar-refractivity contribution in [2.24, 2.45) is 0 Å². The molecule has 2 rings (SSSR count). The van der Waals surface area contributed by atoms with Gasteiger partial charge in [0.2, 0.25) is 10.0 Å². The van der Waals surface area contributed by atoms with Crippen LogP contribution >= 0.6 is 11.3 Å².